The molecule has 0 aromatic heterocycles. The Bertz CT molecular complexity index is 963. The van der Waals surface area contributed by atoms with Crippen LogP contribution in [0.1, 0.15) is 5.56 Å². The summed E-state index contributed by atoms with van der Waals surface area (Å²) in [7, 11) is 1.61. The highest BCUT2D eigenvalue weighted by atomic mass is 16.5. The van der Waals surface area contributed by atoms with Crippen LogP contribution < -0.4 is 15.5 Å². The monoisotopic (exact) mass is 406 g/mol. The number of nitrogens with one attached hydrogen (secondary N) is 2. The van der Waals surface area contributed by atoms with Gasteiger partial charge in [0.25, 0.3) is 5.91 Å². The minimum absolute atomic E-state index is 0.335. The minimum atomic E-state index is -0.651. The number of aliphatic imine (C=N–C) groups is 1. The molecule has 2 aliphatic heterocycles. The molecule has 2 heterocycles. The van der Waals surface area contributed by atoms with E-state index in [4.69, 9.17) is 4.74 Å². The van der Waals surface area contributed by atoms with E-state index in [-0.39, 0.29) is 0 Å². The van der Waals surface area contributed by atoms with Gasteiger partial charge in [-0.05, 0) is 17.7 Å². The number of hydrazone groups is 1. The van der Waals surface area contributed by atoms with Gasteiger partial charge in [0.15, 0.2) is 12.2 Å². The molecule has 9 heteroatoms. The van der Waals surface area contributed by atoms with Gasteiger partial charge in [0.1, 0.15) is 12.4 Å². The summed E-state index contributed by atoms with van der Waals surface area (Å²) in [6.45, 7) is 0.722. The van der Waals surface area contributed by atoms with Crippen LogP contribution in [0.5, 0.6) is 5.75 Å². The molecule has 2 atom stereocenters. The van der Waals surface area contributed by atoms with Crippen LogP contribution in [0.25, 0.3) is 0 Å². The number of likely N-dealkylation sites (N-methyl/N-ethyl adjacent to an activating group) is 1. The molecule has 1 saturated heterocycles. The van der Waals surface area contributed by atoms with Crippen molar-refractivity contribution < 1.29 is 14.3 Å². The van der Waals surface area contributed by atoms with Gasteiger partial charge in [-0.25, -0.2) is 15.2 Å². The van der Waals surface area contributed by atoms with Crippen LogP contribution in [0.3, 0.4) is 0 Å². The van der Waals surface area contributed by atoms with Gasteiger partial charge in [-0.2, -0.15) is 5.10 Å². The van der Waals surface area contributed by atoms with Gasteiger partial charge in [0.05, 0.1) is 12.8 Å². The van der Waals surface area contributed by atoms with E-state index >= 15 is 0 Å². The van der Waals surface area contributed by atoms with Crippen LogP contribution in [0, 0.1) is 0 Å². The SMILES string of the molecule is CN1C(=O)NC(=O)C2C1N=C(N/N=C/c1ccccc1)N2CCOc1ccccc1. The zero-order chi connectivity index (χ0) is 20.9. The van der Waals surface area contributed by atoms with Crippen LogP contribution >= 0.6 is 0 Å². The molecular formula is C21H22N6O3. The van der Waals surface area contributed by atoms with Gasteiger partial charge < -0.3 is 14.5 Å². The lowest BCUT2D eigenvalue weighted by atomic mass is 10.1. The second-order valence-corrected chi connectivity index (χ2v) is 6.85. The van der Waals surface area contributed by atoms with Crippen LogP contribution in [-0.4, -0.2) is 66.3 Å². The Balaban J connectivity index is 1.49. The third-order valence-corrected chi connectivity index (χ3v) is 4.88. The van der Waals surface area contributed by atoms with E-state index in [0.717, 1.165) is 11.3 Å². The number of hydrogen-bond donors (Lipinski definition) is 2. The molecule has 2 unspecified atom stereocenters. The number of imide groups is 1. The largest absolute Gasteiger partial charge is 0.492 e. The van der Waals surface area contributed by atoms with Crippen molar-refractivity contribution in [2.45, 2.75) is 12.2 Å². The number of para-hydroxylation sites is 1. The number of rotatable bonds is 6. The predicted octanol–water partition coefficient (Wildman–Crippen LogP) is 1.24. The molecule has 2 aliphatic rings. The smallest absolute Gasteiger partial charge is 0.325 e. The summed E-state index contributed by atoms with van der Waals surface area (Å²) in [5.74, 6) is 0.753. The van der Waals surface area contributed by atoms with E-state index in [0.29, 0.717) is 19.1 Å². The Morgan fingerprint density at radius 2 is 1.83 bits per heavy atom. The first-order valence-corrected chi connectivity index (χ1v) is 9.57. The number of carbonyl (C=O) groups is 2. The van der Waals surface area contributed by atoms with E-state index < -0.39 is 24.1 Å². The average molecular weight is 406 g/mol. The van der Waals surface area contributed by atoms with E-state index in [2.05, 4.69) is 20.8 Å². The van der Waals surface area contributed by atoms with Gasteiger partial charge in [-0.15, -0.1) is 0 Å². The van der Waals surface area contributed by atoms with Crippen molar-refractivity contribution in [1.29, 1.82) is 0 Å². The van der Waals surface area contributed by atoms with Crippen molar-refractivity contribution in [2.24, 2.45) is 10.1 Å². The molecule has 0 saturated carbocycles. The normalized spacial score (nSPS) is 20.8. The van der Waals surface area contributed by atoms with Crippen LogP contribution in [-0.2, 0) is 4.79 Å². The summed E-state index contributed by atoms with van der Waals surface area (Å²) in [6, 6.07) is 17.9. The average Bonchev–Trinajstić information content (AvgIpc) is 3.13. The third kappa shape index (κ3) is 4.09. The van der Waals surface area contributed by atoms with Crippen molar-refractivity contribution in [3.05, 3.63) is 66.2 Å². The highest BCUT2D eigenvalue weighted by Gasteiger charge is 2.48. The zero-order valence-corrected chi connectivity index (χ0v) is 16.4. The van der Waals surface area contributed by atoms with Gasteiger partial charge in [-0.3, -0.25) is 10.1 Å². The van der Waals surface area contributed by atoms with E-state index in [1.807, 2.05) is 60.7 Å². The molecule has 2 N–H and O–H groups in total. The topological polar surface area (TPSA) is 98.6 Å². The molecule has 154 valence electrons. The quantitative estimate of drug-likeness (QED) is 0.556. The number of fused-ring (bicyclic) bond motifs is 1. The van der Waals surface area contributed by atoms with Crippen LogP contribution in [0.4, 0.5) is 4.79 Å². The fourth-order valence-electron chi connectivity index (χ4n) is 3.35. The fourth-order valence-corrected chi connectivity index (χ4v) is 3.35. The molecular weight excluding hydrogens is 384 g/mol. The summed E-state index contributed by atoms with van der Waals surface area (Å²) in [4.78, 5) is 32.2. The number of ether oxygens (including phenoxy) is 1. The highest BCUT2D eigenvalue weighted by molar-refractivity contribution is 6.03. The van der Waals surface area contributed by atoms with Gasteiger partial charge >= 0.3 is 6.03 Å². The molecule has 0 spiro atoms. The molecule has 0 radical (unpaired) electrons. The van der Waals surface area contributed by atoms with Crippen LogP contribution in [0.2, 0.25) is 0 Å². The number of hydrogen-bond acceptors (Lipinski definition) is 7. The Morgan fingerprint density at radius 1 is 1.13 bits per heavy atom. The molecule has 30 heavy (non-hydrogen) atoms. The first kappa shape index (κ1) is 19.4. The zero-order valence-electron chi connectivity index (χ0n) is 16.4. The summed E-state index contributed by atoms with van der Waals surface area (Å²) in [5.41, 5.74) is 3.83. The Kier molecular flexibility index (Phi) is 5.60. The Morgan fingerprint density at radius 3 is 2.57 bits per heavy atom. The van der Waals surface area contributed by atoms with E-state index in [9.17, 15) is 9.59 Å². The molecule has 3 amide bonds. The van der Waals surface area contributed by atoms with E-state index in [1.165, 1.54) is 4.90 Å². The number of urea groups is 1. The standard InChI is InChI=1S/C21H22N6O3/c1-26-18-17(19(28)24-21(26)29)27(12-13-30-16-10-6-3-7-11-16)20(23-18)25-22-14-15-8-4-2-5-9-15/h2-11,14,17-18H,12-13H2,1H3,(H,23,25)(H,24,28,29)/b22-14+. The molecule has 0 aliphatic carbocycles. The highest BCUT2D eigenvalue weighted by Crippen LogP contribution is 2.23. The number of nitrogens with zero attached hydrogens (tertiary/aromatic N) is 4. The maximum atomic E-state index is 12.5. The fraction of sp³-hybridized carbons (Fsp3) is 0.238. The number of carbonyl (C=O) groups excluding carboxylic acids is 2. The van der Waals surface area contributed by atoms with Gasteiger partial charge in [0.2, 0.25) is 5.96 Å². The summed E-state index contributed by atoms with van der Waals surface area (Å²) in [5, 5.41) is 6.61. The van der Waals surface area contributed by atoms with Crippen molar-refractivity contribution >= 4 is 24.1 Å². The van der Waals surface area contributed by atoms with E-state index in [1.54, 1.807) is 18.2 Å². The lowest BCUT2D eigenvalue weighted by Gasteiger charge is -2.35. The molecule has 2 aromatic rings. The van der Waals surface area contributed by atoms with Crippen molar-refractivity contribution in [3.63, 3.8) is 0 Å². The maximum Gasteiger partial charge on any atom is 0.325 e. The number of amides is 3. The third-order valence-electron chi connectivity index (χ3n) is 4.88. The van der Waals surface area contributed by atoms with Crippen molar-refractivity contribution in [2.75, 3.05) is 20.2 Å². The summed E-state index contributed by atoms with van der Waals surface area (Å²) in [6.07, 6.45) is 1.04. The van der Waals surface area contributed by atoms with Gasteiger partial charge in [-0.1, -0.05) is 48.5 Å². The molecule has 1 fully saturated rings. The number of guanidine groups is 1. The van der Waals surface area contributed by atoms with Crippen molar-refractivity contribution in [1.82, 2.24) is 20.5 Å². The second-order valence-electron chi connectivity index (χ2n) is 6.85. The first-order valence-electron chi connectivity index (χ1n) is 9.57. The molecule has 2 aromatic carbocycles. The maximum absolute atomic E-state index is 12.5. The minimum Gasteiger partial charge on any atom is -0.492 e. The summed E-state index contributed by atoms with van der Waals surface area (Å²) >= 11 is 0. The van der Waals surface area contributed by atoms with Crippen molar-refractivity contribution in [3.8, 4) is 5.75 Å². The number of benzene rings is 2. The van der Waals surface area contributed by atoms with Gasteiger partial charge in [0, 0.05) is 7.05 Å². The Hall–Kier alpha value is -3.88. The molecule has 0 bridgehead atoms. The predicted molar refractivity (Wildman–Crippen MR) is 112 cm³/mol. The molecule has 4 rings (SSSR count). The van der Waals surface area contributed by atoms with Crippen LogP contribution in [0.15, 0.2) is 70.8 Å². The first-order chi connectivity index (χ1) is 14.6. The second kappa shape index (κ2) is 8.64. The lowest BCUT2D eigenvalue weighted by Crippen LogP contribution is -2.64. The Labute approximate surface area is 174 Å². The lowest BCUT2D eigenvalue weighted by molar-refractivity contribution is -0.127. The summed E-state index contributed by atoms with van der Waals surface area (Å²) < 4.78 is 5.78. The molecule has 9 nitrogen and oxygen atoms in total.